The molecule has 1 aromatic carbocycles. The monoisotopic (exact) mass is 401 g/mol. The molecule has 0 spiro atoms. The number of amides is 1. The molecule has 0 aliphatic carbocycles. The minimum absolute atomic E-state index is 0. The summed E-state index contributed by atoms with van der Waals surface area (Å²) in [5, 5.41) is 0.979. The molecule has 1 fully saturated rings. The van der Waals surface area contributed by atoms with Gasteiger partial charge in [0.05, 0.1) is 11.2 Å². The quantitative estimate of drug-likeness (QED) is 0.850. The third-order valence-electron chi connectivity index (χ3n) is 4.56. The number of likely N-dealkylation sites (tertiary alicyclic amines) is 1. The van der Waals surface area contributed by atoms with E-state index in [1.54, 1.807) is 6.20 Å². The van der Waals surface area contributed by atoms with Gasteiger partial charge in [-0.1, -0.05) is 44.2 Å². The Kier molecular flexibility index (Phi) is 7.88. The third-order valence-corrected chi connectivity index (χ3v) is 5.55. The van der Waals surface area contributed by atoms with Crippen LogP contribution in [0.2, 0.25) is 0 Å². The molecule has 1 atom stereocenters. The van der Waals surface area contributed by atoms with Crippen molar-refractivity contribution in [3.05, 3.63) is 52.0 Å². The maximum Gasteiger partial charge on any atom is 0.265 e. The second kappa shape index (κ2) is 8.99. The summed E-state index contributed by atoms with van der Waals surface area (Å²) in [6.07, 6.45) is 3.34. The molecule has 2 heterocycles. The van der Waals surface area contributed by atoms with Crippen LogP contribution in [-0.2, 0) is 6.42 Å². The highest BCUT2D eigenvalue weighted by Gasteiger charge is 2.35. The first-order valence-corrected chi connectivity index (χ1v) is 8.81. The minimum Gasteiger partial charge on any atom is -0.337 e. The minimum atomic E-state index is -0.0362. The standard InChI is InChI=1S/C18H23N3OS.2ClH/c1-18(2)12-21(9-8-15(18)19)17(22)14-11-20-16(23-14)10-13-6-4-3-5-7-13;;/h3-7,11,15H,8-10,12,19H2,1-2H3;2*1H. The summed E-state index contributed by atoms with van der Waals surface area (Å²) in [4.78, 5) is 19.8. The molecule has 2 N–H and O–H groups in total. The number of piperidine rings is 1. The smallest absolute Gasteiger partial charge is 0.265 e. The van der Waals surface area contributed by atoms with Gasteiger partial charge < -0.3 is 10.6 Å². The predicted octanol–water partition coefficient (Wildman–Crippen LogP) is 3.78. The Morgan fingerprint density at radius 1 is 1.32 bits per heavy atom. The van der Waals surface area contributed by atoms with Gasteiger partial charge in [-0.3, -0.25) is 4.79 Å². The lowest BCUT2D eigenvalue weighted by atomic mass is 9.79. The summed E-state index contributed by atoms with van der Waals surface area (Å²) < 4.78 is 0. The molecule has 0 saturated carbocycles. The van der Waals surface area contributed by atoms with Gasteiger partial charge in [-0.25, -0.2) is 4.98 Å². The van der Waals surface area contributed by atoms with E-state index in [1.165, 1.54) is 16.9 Å². The molecule has 2 aromatic rings. The van der Waals surface area contributed by atoms with Gasteiger partial charge in [0.15, 0.2) is 0 Å². The molecule has 7 heteroatoms. The Labute approximate surface area is 165 Å². The zero-order chi connectivity index (χ0) is 16.4. The number of aromatic nitrogens is 1. The summed E-state index contributed by atoms with van der Waals surface area (Å²) in [6.45, 7) is 5.70. The number of benzene rings is 1. The Hall–Kier alpha value is -1.14. The summed E-state index contributed by atoms with van der Waals surface area (Å²) in [7, 11) is 0. The SMILES string of the molecule is CC1(C)CN(C(=O)c2cnc(Cc3ccccc3)s2)CCC1N.Cl.Cl. The van der Waals surface area contributed by atoms with Crippen molar-refractivity contribution in [2.45, 2.75) is 32.7 Å². The van der Waals surface area contributed by atoms with Crippen molar-refractivity contribution in [2.24, 2.45) is 11.1 Å². The molecule has 1 aliphatic heterocycles. The first-order chi connectivity index (χ1) is 11.0. The van der Waals surface area contributed by atoms with E-state index in [0.29, 0.717) is 6.54 Å². The number of hydrogen-bond donors (Lipinski definition) is 1. The highest BCUT2D eigenvalue weighted by Crippen LogP contribution is 2.29. The van der Waals surface area contributed by atoms with Gasteiger partial charge in [0.1, 0.15) is 4.88 Å². The first kappa shape index (κ1) is 21.9. The number of nitrogens with zero attached hydrogens (tertiary/aromatic N) is 2. The van der Waals surface area contributed by atoms with E-state index in [0.717, 1.165) is 29.3 Å². The molecule has 1 aromatic heterocycles. The largest absolute Gasteiger partial charge is 0.337 e. The Morgan fingerprint density at radius 3 is 2.64 bits per heavy atom. The Bertz CT molecular complexity index is 691. The van der Waals surface area contributed by atoms with Crippen molar-refractivity contribution in [3.63, 3.8) is 0 Å². The van der Waals surface area contributed by atoms with Crippen LogP contribution in [0.1, 0.15) is 40.5 Å². The number of carbonyl (C=O) groups is 1. The maximum absolute atomic E-state index is 12.7. The van der Waals surface area contributed by atoms with Gasteiger partial charge in [0.2, 0.25) is 0 Å². The number of halogens is 2. The van der Waals surface area contributed by atoms with E-state index in [9.17, 15) is 4.79 Å². The van der Waals surface area contributed by atoms with Crippen molar-refractivity contribution in [1.82, 2.24) is 9.88 Å². The molecule has 138 valence electrons. The van der Waals surface area contributed by atoms with Crippen LogP contribution in [0.3, 0.4) is 0 Å². The zero-order valence-corrected chi connectivity index (χ0v) is 16.9. The van der Waals surface area contributed by atoms with Gasteiger partial charge in [0, 0.05) is 25.6 Å². The Morgan fingerprint density at radius 2 is 2.00 bits per heavy atom. The van der Waals surface area contributed by atoms with Crippen LogP contribution in [-0.4, -0.2) is 34.9 Å². The van der Waals surface area contributed by atoms with Crippen LogP contribution in [0.25, 0.3) is 0 Å². The lowest BCUT2D eigenvalue weighted by molar-refractivity contribution is 0.0537. The molecule has 0 bridgehead atoms. The van der Waals surface area contributed by atoms with Crippen molar-refractivity contribution >= 4 is 42.1 Å². The number of nitrogens with two attached hydrogens (primary N) is 1. The lowest BCUT2D eigenvalue weighted by Gasteiger charge is -2.42. The molecular weight excluding hydrogens is 377 g/mol. The normalized spacial score (nSPS) is 18.8. The summed E-state index contributed by atoms with van der Waals surface area (Å²) >= 11 is 1.50. The molecule has 25 heavy (non-hydrogen) atoms. The van der Waals surface area contributed by atoms with E-state index in [2.05, 4.69) is 31.0 Å². The van der Waals surface area contributed by atoms with Crippen LogP contribution in [0, 0.1) is 5.41 Å². The summed E-state index contributed by atoms with van der Waals surface area (Å²) in [5.41, 5.74) is 7.33. The molecular formula is C18H25Cl2N3OS. The van der Waals surface area contributed by atoms with Gasteiger partial charge in [0.25, 0.3) is 5.91 Å². The van der Waals surface area contributed by atoms with Crippen molar-refractivity contribution in [1.29, 1.82) is 0 Å². The maximum atomic E-state index is 12.7. The number of carbonyl (C=O) groups excluding carboxylic acids is 1. The predicted molar refractivity (Wildman–Crippen MR) is 108 cm³/mol. The summed E-state index contributed by atoms with van der Waals surface area (Å²) in [5.74, 6) is 0.0850. The average molecular weight is 402 g/mol. The second-order valence-corrected chi connectivity index (χ2v) is 8.01. The third kappa shape index (κ3) is 5.17. The second-order valence-electron chi connectivity index (χ2n) is 6.89. The van der Waals surface area contributed by atoms with Gasteiger partial charge in [-0.15, -0.1) is 36.2 Å². The fourth-order valence-electron chi connectivity index (χ4n) is 2.96. The molecule has 1 amide bonds. The molecule has 4 nitrogen and oxygen atoms in total. The van der Waals surface area contributed by atoms with Crippen LogP contribution >= 0.6 is 36.2 Å². The van der Waals surface area contributed by atoms with Gasteiger partial charge in [-0.2, -0.15) is 0 Å². The molecule has 1 aliphatic rings. The van der Waals surface area contributed by atoms with E-state index in [1.807, 2.05) is 23.1 Å². The first-order valence-electron chi connectivity index (χ1n) is 7.99. The van der Waals surface area contributed by atoms with Crippen LogP contribution < -0.4 is 5.73 Å². The molecule has 1 saturated heterocycles. The van der Waals surface area contributed by atoms with Crippen LogP contribution in [0.5, 0.6) is 0 Å². The average Bonchev–Trinajstić information content (AvgIpc) is 2.98. The van der Waals surface area contributed by atoms with Gasteiger partial charge in [-0.05, 0) is 17.4 Å². The number of thiazole rings is 1. The van der Waals surface area contributed by atoms with Crippen molar-refractivity contribution < 1.29 is 4.79 Å². The fourth-order valence-corrected chi connectivity index (χ4v) is 3.88. The van der Waals surface area contributed by atoms with Crippen molar-refractivity contribution in [2.75, 3.05) is 13.1 Å². The molecule has 3 rings (SSSR count). The Balaban J connectivity index is 0.00000156. The lowest BCUT2D eigenvalue weighted by Crippen LogP contribution is -2.53. The van der Waals surface area contributed by atoms with E-state index in [-0.39, 0.29) is 42.2 Å². The van der Waals surface area contributed by atoms with E-state index in [4.69, 9.17) is 5.73 Å². The molecule has 0 radical (unpaired) electrons. The molecule has 1 unspecified atom stereocenters. The van der Waals surface area contributed by atoms with Crippen molar-refractivity contribution in [3.8, 4) is 0 Å². The topological polar surface area (TPSA) is 59.2 Å². The van der Waals surface area contributed by atoms with Gasteiger partial charge >= 0.3 is 0 Å². The number of rotatable bonds is 3. The van der Waals surface area contributed by atoms with Crippen LogP contribution in [0.15, 0.2) is 36.5 Å². The highest BCUT2D eigenvalue weighted by atomic mass is 35.5. The highest BCUT2D eigenvalue weighted by molar-refractivity contribution is 7.13. The zero-order valence-electron chi connectivity index (χ0n) is 14.5. The van der Waals surface area contributed by atoms with E-state index >= 15 is 0 Å². The van der Waals surface area contributed by atoms with E-state index < -0.39 is 0 Å². The van der Waals surface area contributed by atoms with Crippen LogP contribution in [0.4, 0.5) is 0 Å². The number of hydrogen-bond acceptors (Lipinski definition) is 4. The fraction of sp³-hybridized carbons (Fsp3) is 0.444. The summed E-state index contributed by atoms with van der Waals surface area (Å²) in [6, 6.07) is 10.4.